The van der Waals surface area contributed by atoms with Gasteiger partial charge in [0, 0.05) is 5.56 Å². The van der Waals surface area contributed by atoms with E-state index < -0.39 is 0 Å². The van der Waals surface area contributed by atoms with E-state index in [1.54, 1.807) is 0 Å². The van der Waals surface area contributed by atoms with Gasteiger partial charge < -0.3 is 5.73 Å². The molecule has 0 saturated carbocycles. The second-order valence-corrected chi connectivity index (χ2v) is 3.61. The van der Waals surface area contributed by atoms with Gasteiger partial charge in [0.25, 0.3) is 0 Å². The first kappa shape index (κ1) is 10.2. The third kappa shape index (κ3) is 3.15. The fraction of sp³-hybridized carbons (Fsp3) is 0.364. The first-order valence-electron chi connectivity index (χ1n) is 4.62. The van der Waals surface area contributed by atoms with Gasteiger partial charge in [0.1, 0.15) is 4.99 Å². The van der Waals surface area contributed by atoms with Crippen molar-refractivity contribution in [2.24, 2.45) is 5.73 Å². The van der Waals surface area contributed by atoms with Gasteiger partial charge >= 0.3 is 0 Å². The third-order valence-corrected chi connectivity index (χ3v) is 2.27. The average molecular weight is 193 g/mol. The van der Waals surface area contributed by atoms with Gasteiger partial charge in [0.05, 0.1) is 0 Å². The molecule has 1 aromatic carbocycles. The summed E-state index contributed by atoms with van der Waals surface area (Å²) in [5.74, 6) is 0. The van der Waals surface area contributed by atoms with Crippen LogP contribution in [0.4, 0.5) is 0 Å². The molecule has 0 bridgehead atoms. The Kier molecular flexibility index (Phi) is 3.90. The molecule has 0 unspecified atom stereocenters. The summed E-state index contributed by atoms with van der Waals surface area (Å²) < 4.78 is 0. The van der Waals surface area contributed by atoms with Gasteiger partial charge in [-0.15, -0.1) is 0 Å². The number of hydrogen-bond acceptors (Lipinski definition) is 1. The first-order valence-corrected chi connectivity index (χ1v) is 5.03. The fourth-order valence-electron chi connectivity index (χ4n) is 1.26. The second kappa shape index (κ2) is 4.97. The lowest BCUT2D eigenvalue weighted by atomic mass is 10.1. The van der Waals surface area contributed by atoms with E-state index in [-0.39, 0.29) is 0 Å². The molecule has 0 fully saturated rings. The summed E-state index contributed by atoms with van der Waals surface area (Å²) >= 11 is 4.91. The summed E-state index contributed by atoms with van der Waals surface area (Å²) in [5.41, 5.74) is 7.84. The average Bonchev–Trinajstić information content (AvgIpc) is 2.15. The van der Waals surface area contributed by atoms with Crippen molar-refractivity contribution in [3.05, 3.63) is 35.4 Å². The standard InChI is InChI=1S/C11H15NS/c1-2-3-5-9-6-4-7-10(8-9)11(12)13/h4,6-8H,2-3,5H2,1H3,(H2,12,13). The van der Waals surface area contributed by atoms with E-state index in [0.29, 0.717) is 4.99 Å². The molecule has 2 heteroatoms. The van der Waals surface area contributed by atoms with Crippen molar-refractivity contribution >= 4 is 17.2 Å². The summed E-state index contributed by atoms with van der Waals surface area (Å²) in [6.45, 7) is 2.19. The molecule has 0 spiro atoms. The lowest BCUT2D eigenvalue weighted by Gasteiger charge is -2.02. The predicted molar refractivity (Wildman–Crippen MR) is 60.9 cm³/mol. The summed E-state index contributed by atoms with van der Waals surface area (Å²) in [5, 5.41) is 0. The number of thiocarbonyl (C=S) groups is 1. The van der Waals surface area contributed by atoms with Crippen molar-refractivity contribution in [1.29, 1.82) is 0 Å². The van der Waals surface area contributed by atoms with E-state index in [4.69, 9.17) is 18.0 Å². The summed E-state index contributed by atoms with van der Waals surface area (Å²) in [6.07, 6.45) is 3.56. The van der Waals surface area contributed by atoms with Crippen LogP contribution in [0.15, 0.2) is 24.3 Å². The molecule has 1 nitrogen and oxygen atoms in total. The van der Waals surface area contributed by atoms with E-state index in [0.717, 1.165) is 12.0 Å². The first-order chi connectivity index (χ1) is 6.24. The maximum absolute atomic E-state index is 5.54. The highest BCUT2D eigenvalue weighted by Crippen LogP contribution is 2.08. The molecular formula is C11H15NS. The lowest BCUT2D eigenvalue weighted by molar-refractivity contribution is 0.795. The van der Waals surface area contributed by atoms with Crippen molar-refractivity contribution < 1.29 is 0 Å². The number of nitrogens with two attached hydrogens (primary N) is 1. The Morgan fingerprint density at radius 1 is 1.46 bits per heavy atom. The Hall–Kier alpha value is -0.890. The lowest BCUT2D eigenvalue weighted by Crippen LogP contribution is -2.09. The van der Waals surface area contributed by atoms with Crippen LogP contribution in [-0.2, 0) is 6.42 Å². The summed E-state index contributed by atoms with van der Waals surface area (Å²) in [4.78, 5) is 0.485. The zero-order valence-corrected chi connectivity index (χ0v) is 8.73. The van der Waals surface area contributed by atoms with Crippen molar-refractivity contribution in [3.8, 4) is 0 Å². The van der Waals surface area contributed by atoms with Crippen LogP contribution < -0.4 is 5.73 Å². The maximum Gasteiger partial charge on any atom is 0.103 e. The predicted octanol–water partition coefficient (Wildman–Crippen LogP) is 2.66. The molecule has 2 N–H and O–H groups in total. The monoisotopic (exact) mass is 193 g/mol. The van der Waals surface area contributed by atoms with Crippen LogP contribution in [0.1, 0.15) is 30.9 Å². The van der Waals surface area contributed by atoms with E-state index in [2.05, 4.69) is 19.1 Å². The minimum Gasteiger partial charge on any atom is -0.389 e. The zero-order valence-electron chi connectivity index (χ0n) is 7.92. The molecule has 0 aliphatic rings. The normalized spacial score (nSPS) is 9.92. The van der Waals surface area contributed by atoms with Crippen LogP contribution in [0.25, 0.3) is 0 Å². The smallest absolute Gasteiger partial charge is 0.103 e. The van der Waals surface area contributed by atoms with Crippen LogP contribution in [0.3, 0.4) is 0 Å². The van der Waals surface area contributed by atoms with Crippen LogP contribution in [0.2, 0.25) is 0 Å². The highest BCUT2D eigenvalue weighted by atomic mass is 32.1. The van der Waals surface area contributed by atoms with Gasteiger partial charge in [-0.2, -0.15) is 0 Å². The minimum absolute atomic E-state index is 0.485. The fourth-order valence-corrected chi connectivity index (χ4v) is 1.39. The second-order valence-electron chi connectivity index (χ2n) is 3.17. The van der Waals surface area contributed by atoms with Crippen molar-refractivity contribution in [2.45, 2.75) is 26.2 Å². The van der Waals surface area contributed by atoms with E-state index in [1.807, 2.05) is 12.1 Å². The van der Waals surface area contributed by atoms with Gasteiger partial charge in [0.15, 0.2) is 0 Å². The molecule has 0 saturated heterocycles. The quantitative estimate of drug-likeness (QED) is 0.744. The van der Waals surface area contributed by atoms with Crippen LogP contribution in [-0.4, -0.2) is 4.99 Å². The van der Waals surface area contributed by atoms with E-state index in [9.17, 15) is 0 Å². The van der Waals surface area contributed by atoms with E-state index in [1.165, 1.54) is 18.4 Å². The number of rotatable bonds is 4. The maximum atomic E-state index is 5.54. The summed E-state index contributed by atoms with van der Waals surface area (Å²) in [7, 11) is 0. The SMILES string of the molecule is CCCCc1cccc(C(N)=S)c1. The molecule has 0 radical (unpaired) electrons. The van der Waals surface area contributed by atoms with Crippen molar-refractivity contribution in [1.82, 2.24) is 0 Å². The Labute approximate surface area is 85.0 Å². The topological polar surface area (TPSA) is 26.0 Å². The summed E-state index contributed by atoms with van der Waals surface area (Å²) in [6, 6.07) is 8.17. The highest BCUT2D eigenvalue weighted by molar-refractivity contribution is 7.80. The van der Waals surface area contributed by atoms with Crippen LogP contribution >= 0.6 is 12.2 Å². The van der Waals surface area contributed by atoms with Crippen LogP contribution in [0, 0.1) is 0 Å². The molecule has 0 amide bonds. The number of unbranched alkanes of at least 4 members (excludes halogenated alkanes) is 1. The van der Waals surface area contributed by atoms with Crippen molar-refractivity contribution in [3.63, 3.8) is 0 Å². The third-order valence-electron chi connectivity index (χ3n) is 2.03. The molecule has 13 heavy (non-hydrogen) atoms. The highest BCUT2D eigenvalue weighted by Gasteiger charge is 1.97. The van der Waals surface area contributed by atoms with Crippen LogP contribution in [0.5, 0.6) is 0 Å². The molecule has 0 aromatic heterocycles. The van der Waals surface area contributed by atoms with Gasteiger partial charge in [-0.3, -0.25) is 0 Å². The van der Waals surface area contributed by atoms with Crippen molar-refractivity contribution in [2.75, 3.05) is 0 Å². The number of benzene rings is 1. The van der Waals surface area contributed by atoms with E-state index >= 15 is 0 Å². The molecule has 1 rings (SSSR count). The Balaban J connectivity index is 2.73. The molecule has 70 valence electrons. The Morgan fingerprint density at radius 3 is 2.85 bits per heavy atom. The molecule has 1 aromatic rings. The number of aryl methyl sites for hydroxylation is 1. The Morgan fingerprint density at radius 2 is 2.23 bits per heavy atom. The molecule has 0 atom stereocenters. The number of hydrogen-bond donors (Lipinski definition) is 1. The molecular weight excluding hydrogens is 178 g/mol. The molecule has 0 aliphatic carbocycles. The van der Waals surface area contributed by atoms with Gasteiger partial charge in [-0.05, 0) is 24.5 Å². The minimum atomic E-state index is 0.485. The zero-order chi connectivity index (χ0) is 9.68. The van der Waals surface area contributed by atoms with Gasteiger partial charge in [0.2, 0.25) is 0 Å². The Bertz CT molecular complexity index is 294. The molecule has 0 aliphatic heterocycles. The largest absolute Gasteiger partial charge is 0.389 e. The molecule has 0 heterocycles. The van der Waals surface area contributed by atoms with Gasteiger partial charge in [-0.1, -0.05) is 43.8 Å². The van der Waals surface area contributed by atoms with Gasteiger partial charge in [-0.25, -0.2) is 0 Å².